The minimum Gasteiger partial charge on any atom is -0.467 e. The van der Waals surface area contributed by atoms with Crippen LogP contribution in [-0.2, 0) is 19.1 Å². The Morgan fingerprint density at radius 1 is 1.25 bits per heavy atom. The van der Waals surface area contributed by atoms with Gasteiger partial charge in [0.05, 0.1) is 13.7 Å². The standard InChI is InChI=1S/C17H22N2O4S/c1-5-23-17(21)14(15(24)19-12(3)16(20)22-4)11(2)18-13-9-7-6-8-10-13/h6-10,12,18H,5H2,1-4H3,(H,19,24)/b14-11+/t12-/m0/s1. The van der Waals surface area contributed by atoms with Gasteiger partial charge in [-0.15, -0.1) is 0 Å². The van der Waals surface area contributed by atoms with Gasteiger partial charge in [-0.2, -0.15) is 0 Å². The second-order valence-electron chi connectivity index (χ2n) is 4.93. The molecule has 0 aliphatic heterocycles. The van der Waals surface area contributed by atoms with Crippen LogP contribution in [0.25, 0.3) is 0 Å². The number of methoxy groups -OCH3 is 1. The van der Waals surface area contributed by atoms with E-state index in [1.54, 1.807) is 20.8 Å². The number of hydrogen-bond donors (Lipinski definition) is 2. The molecule has 6 nitrogen and oxygen atoms in total. The maximum Gasteiger partial charge on any atom is 0.342 e. The van der Waals surface area contributed by atoms with Gasteiger partial charge in [0.15, 0.2) is 0 Å². The number of nitrogens with one attached hydrogen (secondary N) is 2. The maximum absolute atomic E-state index is 12.3. The Bertz CT molecular complexity index is 629. The molecule has 0 radical (unpaired) electrons. The molecule has 24 heavy (non-hydrogen) atoms. The van der Waals surface area contributed by atoms with Crippen molar-refractivity contribution in [2.45, 2.75) is 26.8 Å². The van der Waals surface area contributed by atoms with Gasteiger partial charge in [-0.25, -0.2) is 9.59 Å². The molecule has 130 valence electrons. The normalized spacial score (nSPS) is 12.5. The summed E-state index contributed by atoms with van der Waals surface area (Å²) in [7, 11) is 1.29. The van der Waals surface area contributed by atoms with Gasteiger partial charge in [0.2, 0.25) is 0 Å². The van der Waals surface area contributed by atoms with Crippen molar-refractivity contribution in [2.75, 3.05) is 19.0 Å². The molecular formula is C17H22N2O4S. The first-order valence-corrected chi connectivity index (χ1v) is 7.90. The highest BCUT2D eigenvalue weighted by Crippen LogP contribution is 2.14. The Labute approximate surface area is 147 Å². The topological polar surface area (TPSA) is 76.7 Å². The van der Waals surface area contributed by atoms with Crippen molar-refractivity contribution in [3.8, 4) is 0 Å². The third-order valence-corrected chi connectivity index (χ3v) is 3.41. The SMILES string of the molecule is CCOC(=O)/C(C(=S)N[C@@H](C)C(=O)OC)=C(\C)Nc1ccccc1. The monoisotopic (exact) mass is 350 g/mol. The molecular weight excluding hydrogens is 328 g/mol. The van der Waals surface area contributed by atoms with Gasteiger partial charge in [-0.3, -0.25) is 0 Å². The highest BCUT2D eigenvalue weighted by Gasteiger charge is 2.23. The van der Waals surface area contributed by atoms with Crippen LogP contribution in [0.4, 0.5) is 5.69 Å². The van der Waals surface area contributed by atoms with Crippen molar-refractivity contribution in [1.29, 1.82) is 0 Å². The van der Waals surface area contributed by atoms with Crippen LogP contribution in [0.15, 0.2) is 41.6 Å². The third-order valence-electron chi connectivity index (χ3n) is 3.09. The average molecular weight is 350 g/mol. The van der Waals surface area contributed by atoms with Gasteiger partial charge < -0.3 is 20.1 Å². The van der Waals surface area contributed by atoms with E-state index in [0.29, 0.717) is 5.70 Å². The smallest absolute Gasteiger partial charge is 0.342 e. The molecule has 0 aliphatic rings. The molecule has 1 atom stereocenters. The maximum atomic E-state index is 12.3. The number of para-hydroxylation sites is 1. The van der Waals surface area contributed by atoms with Crippen LogP contribution in [0, 0.1) is 0 Å². The molecule has 0 heterocycles. The summed E-state index contributed by atoms with van der Waals surface area (Å²) in [5.41, 5.74) is 1.50. The lowest BCUT2D eigenvalue weighted by molar-refractivity contribution is -0.142. The van der Waals surface area contributed by atoms with Crippen molar-refractivity contribution in [1.82, 2.24) is 5.32 Å². The Kier molecular flexibility index (Phi) is 7.91. The molecule has 0 aliphatic carbocycles. The first-order chi connectivity index (χ1) is 11.4. The highest BCUT2D eigenvalue weighted by atomic mass is 32.1. The number of carbonyl (C=O) groups excluding carboxylic acids is 2. The summed E-state index contributed by atoms with van der Waals surface area (Å²) >= 11 is 5.28. The van der Waals surface area contributed by atoms with Crippen LogP contribution < -0.4 is 10.6 Å². The van der Waals surface area contributed by atoms with E-state index in [-0.39, 0.29) is 17.2 Å². The van der Waals surface area contributed by atoms with Crippen LogP contribution >= 0.6 is 12.2 Å². The van der Waals surface area contributed by atoms with Crippen molar-refractivity contribution in [3.63, 3.8) is 0 Å². The molecule has 0 fully saturated rings. The van der Waals surface area contributed by atoms with Crippen LogP contribution in [0.1, 0.15) is 20.8 Å². The second-order valence-corrected chi connectivity index (χ2v) is 5.34. The Hall–Kier alpha value is -2.41. The molecule has 0 saturated heterocycles. The van der Waals surface area contributed by atoms with Crippen molar-refractivity contribution in [3.05, 3.63) is 41.6 Å². The number of ether oxygens (including phenoxy) is 2. The van der Waals surface area contributed by atoms with Crippen LogP contribution in [0.5, 0.6) is 0 Å². The van der Waals surface area contributed by atoms with Gasteiger partial charge in [0, 0.05) is 11.4 Å². The van der Waals surface area contributed by atoms with E-state index in [9.17, 15) is 9.59 Å². The van der Waals surface area contributed by atoms with Gasteiger partial charge >= 0.3 is 11.9 Å². The molecule has 0 aromatic heterocycles. The molecule has 2 N–H and O–H groups in total. The number of rotatable bonds is 7. The summed E-state index contributed by atoms with van der Waals surface area (Å²) in [4.78, 5) is 23.9. The van der Waals surface area contributed by atoms with Crippen molar-refractivity contribution >= 4 is 34.8 Å². The fourth-order valence-electron chi connectivity index (χ4n) is 1.92. The molecule has 0 spiro atoms. The number of benzene rings is 1. The lowest BCUT2D eigenvalue weighted by atomic mass is 10.1. The summed E-state index contributed by atoms with van der Waals surface area (Å²) in [5.74, 6) is -1.04. The Morgan fingerprint density at radius 2 is 1.88 bits per heavy atom. The van der Waals surface area contributed by atoms with Crippen LogP contribution in [0.3, 0.4) is 0 Å². The van der Waals surface area contributed by atoms with Crippen LogP contribution in [-0.4, -0.2) is 36.7 Å². The number of thiocarbonyl (C=S) groups is 1. The average Bonchev–Trinajstić information content (AvgIpc) is 2.55. The zero-order chi connectivity index (χ0) is 18.1. The lowest BCUT2D eigenvalue weighted by Gasteiger charge is -2.18. The van der Waals surface area contributed by atoms with E-state index < -0.39 is 18.0 Å². The molecule has 1 aromatic carbocycles. The van der Waals surface area contributed by atoms with Gasteiger partial charge in [-0.05, 0) is 32.9 Å². The molecule has 1 aromatic rings. The fourth-order valence-corrected chi connectivity index (χ4v) is 2.34. The Morgan fingerprint density at radius 3 is 2.42 bits per heavy atom. The number of esters is 2. The summed E-state index contributed by atoms with van der Waals surface area (Å²) in [5, 5.41) is 5.91. The van der Waals surface area contributed by atoms with Gasteiger partial charge in [-0.1, -0.05) is 30.4 Å². The summed E-state index contributed by atoms with van der Waals surface area (Å²) in [6.07, 6.45) is 0. The van der Waals surface area contributed by atoms with E-state index in [4.69, 9.17) is 17.0 Å². The number of anilines is 1. The quantitative estimate of drug-likeness (QED) is 0.444. The Balaban J connectivity index is 3.06. The molecule has 0 amide bonds. The van der Waals surface area contributed by atoms with Crippen molar-refractivity contribution in [2.24, 2.45) is 0 Å². The molecule has 1 rings (SSSR count). The van der Waals surface area contributed by atoms with E-state index in [1.165, 1.54) is 7.11 Å². The predicted molar refractivity (Wildman–Crippen MR) is 96.6 cm³/mol. The zero-order valence-electron chi connectivity index (χ0n) is 14.2. The second kappa shape index (κ2) is 9.67. The summed E-state index contributed by atoms with van der Waals surface area (Å²) in [6.45, 7) is 5.25. The van der Waals surface area contributed by atoms with Gasteiger partial charge in [0.25, 0.3) is 0 Å². The van der Waals surface area contributed by atoms with E-state index in [1.807, 2.05) is 30.3 Å². The number of hydrogen-bond acceptors (Lipinski definition) is 6. The predicted octanol–water partition coefficient (Wildman–Crippen LogP) is 2.41. The molecule has 0 saturated carbocycles. The highest BCUT2D eigenvalue weighted by molar-refractivity contribution is 7.80. The van der Waals surface area contributed by atoms with E-state index in [2.05, 4.69) is 15.4 Å². The van der Waals surface area contributed by atoms with Crippen LogP contribution in [0.2, 0.25) is 0 Å². The molecule has 7 heteroatoms. The largest absolute Gasteiger partial charge is 0.467 e. The van der Waals surface area contributed by atoms with E-state index >= 15 is 0 Å². The number of allylic oxidation sites excluding steroid dienone is 1. The van der Waals surface area contributed by atoms with Crippen molar-refractivity contribution < 1.29 is 19.1 Å². The van der Waals surface area contributed by atoms with E-state index in [0.717, 1.165) is 5.69 Å². The molecule has 0 bridgehead atoms. The minimum atomic E-state index is -0.684. The summed E-state index contributed by atoms with van der Waals surface area (Å²) < 4.78 is 9.72. The number of carbonyl (C=O) groups is 2. The zero-order valence-corrected chi connectivity index (χ0v) is 15.0. The lowest BCUT2D eigenvalue weighted by Crippen LogP contribution is -2.41. The summed E-state index contributed by atoms with van der Waals surface area (Å²) in [6, 6.07) is 8.67. The first-order valence-electron chi connectivity index (χ1n) is 7.49. The minimum absolute atomic E-state index is 0.118. The third kappa shape index (κ3) is 5.66. The fraction of sp³-hybridized carbons (Fsp3) is 0.353. The van der Waals surface area contributed by atoms with Gasteiger partial charge in [0.1, 0.15) is 16.6 Å². The molecule has 0 unspecified atom stereocenters. The first kappa shape index (κ1) is 19.6.